The van der Waals surface area contributed by atoms with Crippen molar-refractivity contribution in [2.45, 2.75) is 0 Å². The van der Waals surface area contributed by atoms with Gasteiger partial charge in [0.1, 0.15) is 12.4 Å². The molecule has 1 radical (unpaired) electrons. The Morgan fingerprint density at radius 3 is 2.47 bits per heavy atom. The second-order valence-corrected chi connectivity index (χ2v) is 3.41. The third kappa shape index (κ3) is 2.01. The number of hydrogen-bond acceptors (Lipinski definition) is 1. The highest BCUT2D eigenvalue weighted by Gasteiger charge is 2.01. The van der Waals surface area contributed by atoms with Crippen LogP contribution in [0.25, 0.3) is 10.8 Å². The summed E-state index contributed by atoms with van der Waals surface area (Å²) in [5, 5.41) is 2.36. The van der Waals surface area contributed by atoms with Gasteiger partial charge in [-0.1, -0.05) is 36.9 Å². The third-order valence-corrected chi connectivity index (χ3v) is 2.29. The van der Waals surface area contributed by atoms with Crippen LogP contribution in [0.2, 0.25) is 0 Å². The summed E-state index contributed by atoms with van der Waals surface area (Å²) in [5.74, 6) is 0.827. The average molecular weight is 197 g/mol. The molecule has 1 nitrogen and oxygen atoms in total. The Bertz CT molecular complexity index is 486. The van der Waals surface area contributed by atoms with Gasteiger partial charge in [-0.15, -0.1) is 0 Å². The molecule has 0 unspecified atom stereocenters. The van der Waals surface area contributed by atoms with Crippen molar-refractivity contribution in [3.63, 3.8) is 0 Å². The molecule has 0 amide bonds. The zero-order valence-corrected chi connectivity index (χ0v) is 8.57. The maximum absolute atomic E-state index is 5.51. The van der Waals surface area contributed by atoms with Gasteiger partial charge in [0.2, 0.25) is 0 Å². The molecule has 0 spiro atoms. The molecule has 75 valence electrons. The smallest absolute Gasteiger partial charge is 0.123 e. The number of fused-ring (bicyclic) bond motifs is 1. The summed E-state index contributed by atoms with van der Waals surface area (Å²) in [6, 6.07) is 12.2. The van der Waals surface area contributed by atoms with E-state index in [1.165, 1.54) is 10.8 Å². The Morgan fingerprint density at radius 2 is 1.80 bits per heavy atom. The molecule has 2 aromatic rings. The summed E-state index contributed by atoms with van der Waals surface area (Å²) in [7, 11) is 0. The second-order valence-electron chi connectivity index (χ2n) is 3.41. The predicted molar refractivity (Wildman–Crippen MR) is 64.1 cm³/mol. The minimum absolute atomic E-state index is 0.515. The van der Waals surface area contributed by atoms with Gasteiger partial charge in [0, 0.05) is 0 Å². The fourth-order valence-corrected chi connectivity index (χ4v) is 1.55. The molecule has 2 rings (SSSR count). The highest BCUT2D eigenvalue weighted by molar-refractivity contribution is 5.85. The lowest BCUT2D eigenvalue weighted by Gasteiger charge is -2.08. The van der Waals surface area contributed by atoms with Gasteiger partial charge in [-0.25, -0.2) is 0 Å². The summed E-state index contributed by atoms with van der Waals surface area (Å²) in [5.41, 5.74) is 0.913. The summed E-state index contributed by atoms with van der Waals surface area (Å²) in [6.45, 7) is 8.10. The predicted octanol–water partition coefficient (Wildman–Crippen LogP) is 3.59. The van der Waals surface area contributed by atoms with Crippen molar-refractivity contribution in [2.75, 3.05) is 6.61 Å². The number of benzene rings is 2. The van der Waals surface area contributed by atoms with Crippen LogP contribution >= 0.6 is 0 Å². The lowest BCUT2D eigenvalue weighted by Crippen LogP contribution is -1.94. The van der Waals surface area contributed by atoms with Crippen LogP contribution in [0.4, 0.5) is 0 Å². The van der Waals surface area contributed by atoms with Crippen molar-refractivity contribution in [1.29, 1.82) is 0 Å². The maximum atomic E-state index is 5.51. The van der Waals surface area contributed by atoms with Crippen LogP contribution in [0, 0.1) is 6.92 Å². The molecule has 0 atom stereocenters. The summed E-state index contributed by atoms with van der Waals surface area (Å²) in [6.07, 6.45) is 1.73. The van der Waals surface area contributed by atoms with Gasteiger partial charge in [0.15, 0.2) is 0 Å². The van der Waals surface area contributed by atoms with Crippen molar-refractivity contribution in [3.05, 3.63) is 61.5 Å². The van der Waals surface area contributed by atoms with E-state index >= 15 is 0 Å². The van der Waals surface area contributed by atoms with E-state index in [0.717, 1.165) is 11.3 Å². The van der Waals surface area contributed by atoms with Crippen LogP contribution in [-0.2, 0) is 0 Å². The van der Waals surface area contributed by atoms with Gasteiger partial charge < -0.3 is 4.74 Å². The number of rotatable bonds is 3. The first-order valence-corrected chi connectivity index (χ1v) is 4.89. The van der Waals surface area contributed by atoms with Gasteiger partial charge in [0.25, 0.3) is 0 Å². The molecule has 0 N–H and O–H groups in total. The fourth-order valence-electron chi connectivity index (χ4n) is 1.55. The molecule has 0 aromatic heterocycles. The van der Waals surface area contributed by atoms with Crippen molar-refractivity contribution in [2.24, 2.45) is 0 Å². The SMILES string of the molecule is [CH2]c1cc2ccccc2cc1OCC=C. The molecule has 0 aliphatic rings. The number of ether oxygens (including phenoxy) is 1. The van der Waals surface area contributed by atoms with Crippen LogP contribution < -0.4 is 4.74 Å². The van der Waals surface area contributed by atoms with Crippen molar-refractivity contribution in [1.82, 2.24) is 0 Å². The minimum Gasteiger partial charge on any atom is -0.489 e. The molecule has 0 saturated carbocycles. The van der Waals surface area contributed by atoms with Crippen LogP contribution in [0.5, 0.6) is 5.75 Å². The van der Waals surface area contributed by atoms with E-state index in [1.807, 2.05) is 24.3 Å². The van der Waals surface area contributed by atoms with Crippen molar-refractivity contribution in [3.8, 4) is 5.75 Å². The topological polar surface area (TPSA) is 9.23 Å². The van der Waals surface area contributed by atoms with Crippen molar-refractivity contribution >= 4 is 10.8 Å². The van der Waals surface area contributed by atoms with Crippen LogP contribution in [0.1, 0.15) is 5.56 Å². The fraction of sp³-hybridized carbons (Fsp3) is 0.0714. The molecular formula is C14H13O. The zero-order chi connectivity index (χ0) is 10.7. The Balaban J connectivity index is 2.47. The first kappa shape index (κ1) is 9.78. The average Bonchev–Trinajstić information content (AvgIpc) is 2.26. The van der Waals surface area contributed by atoms with Gasteiger partial charge in [-0.3, -0.25) is 0 Å². The van der Waals surface area contributed by atoms with Crippen LogP contribution in [0.3, 0.4) is 0 Å². The molecule has 0 aliphatic heterocycles. The van der Waals surface area contributed by atoms with E-state index in [4.69, 9.17) is 4.74 Å². The van der Waals surface area contributed by atoms with Crippen LogP contribution in [0.15, 0.2) is 49.1 Å². The Hall–Kier alpha value is -1.76. The first-order chi connectivity index (χ1) is 7.31. The van der Waals surface area contributed by atoms with Gasteiger partial charge in [-0.2, -0.15) is 0 Å². The Labute approximate surface area is 90.0 Å². The van der Waals surface area contributed by atoms with Crippen molar-refractivity contribution < 1.29 is 4.74 Å². The Morgan fingerprint density at radius 1 is 1.13 bits per heavy atom. The lowest BCUT2D eigenvalue weighted by atomic mass is 10.1. The van der Waals surface area contributed by atoms with Gasteiger partial charge in [-0.05, 0) is 35.4 Å². The molecule has 0 bridgehead atoms. The number of hydrogen-bond donors (Lipinski definition) is 0. The van der Waals surface area contributed by atoms with E-state index in [0.29, 0.717) is 6.61 Å². The molecule has 0 fully saturated rings. The Kier molecular flexibility index (Phi) is 2.72. The molecule has 2 aromatic carbocycles. The first-order valence-electron chi connectivity index (χ1n) is 4.89. The molecular weight excluding hydrogens is 184 g/mol. The molecule has 0 saturated heterocycles. The zero-order valence-electron chi connectivity index (χ0n) is 8.57. The molecule has 15 heavy (non-hydrogen) atoms. The van der Waals surface area contributed by atoms with E-state index in [1.54, 1.807) is 6.08 Å². The second kappa shape index (κ2) is 4.18. The highest BCUT2D eigenvalue weighted by atomic mass is 16.5. The minimum atomic E-state index is 0.515. The molecule has 1 heteroatoms. The molecule has 0 heterocycles. The monoisotopic (exact) mass is 197 g/mol. The largest absolute Gasteiger partial charge is 0.489 e. The standard InChI is InChI=1S/C14H13O/c1-3-8-15-14-10-13-7-5-4-6-12(13)9-11(14)2/h3-7,9-10H,1-2,8H2. The third-order valence-electron chi connectivity index (χ3n) is 2.29. The maximum Gasteiger partial charge on any atom is 0.123 e. The van der Waals surface area contributed by atoms with E-state index in [-0.39, 0.29) is 0 Å². The van der Waals surface area contributed by atoms with Gasteiger partial charge in [0.05, 0.1) is 0 Å². The van der Waals surface area contributed by atoms with Crippen LogP contribution in [-0.4, -0.2) is 6.61 Å². The van der Waals surface area contributed by atoms with Gasteiger partial charge >= 0.3 is 0 Å². The normalized spacial score (nSPS) is 10.2. The highest BCUT2D eigenvalue weighted by Crippen LogP contribution is 2.25. The quantitative estimate of drug-likeness (QED) is 0.683. The summed E-state index contributed by atoms with van der Waals surface area (Å²) >= 11 is 0. The summed E-state index contributed by atoms with van der Waals surface area (Å²) < 4.78 is 5.51. The molecule has 0 aliphatic carbocycles. The van der Waals surface area contributed by atoms with E-state index in [2.05, 4.69) is 25.6 Å². The lowest BCUT2D eigenvalue weighted by molar-refractivity contribution is 0.362. The van der Waals surface area contributed by atoms with E-state index in [9.17, 15) is 0 Å². The summed E-state index contributed by atoms with van der Waals surface area (Å²) in [4.78, 5) is 0. The van der Waals surface area contributed by atoms with E-state index < -0.39 is 0 Å².